The standard InChI is InChI=1S/C31H44F2O/c1-3-5-22-8-14-25(15-9-22)26-16-10-23(11-17-26)6-7-24-12-18-27(19-13-24)28-20-21-29(34-4-2)31(33)30(28)32/h6-7,12,18,20-27H,3-5,8-11,13-17,19H2,1-2H3/b7-6+. The highest BCUT2D eigenvalue weighted by Crippen LogP contribution is 2.43. The maximum Gasteiger partial charge on any atom is 0.200 e. The van der Waals surface area contributed by atoms with Gasteiger partial charge in [0.2, 0.25) is 5.82 Å². The van der Waals surface area contributed by atoms with Gasteiger partial charge in [0.25, 0.3) is 0 Å². The van der Waals surface area contributed by atoms with E-state index in [1.165, 1.54) is 64.2 Å². The summed E-state index contributed by atoms with van der Waals surface area (Å²) >= 11 is 0. The fraction of sp³-hybridized carbons (Fsp3) is 0.677. The second-order valence-corrected chi connectivity index (χ2v) is 11.1. The molecule has 4 rings (SSSR count). The third kappa shape index (κ3) is 6.32. The Balaban J connectivity index is 1.23. The third-order valence-electron chi connectivity index (χ3n) is 8.88. The Morgan fingerprint density at radius 2 is 1.50 bits per heavy atom. The zero-order chi connectivity index (χ0) is 23.9. The molecule has 1 aromatic rings. The van der Waals surface area contributed by atoms with Crippen molar-refractivity contribution in [3.05, 3.63) is 53.6 Å². The van der Waals surface area contributed by atoms with Crippen molar-refractivity contribution in [3.8, 4) is 5.75 Å². The minimum absolute atomic E-state index is 0.00300. The van der Waals surface area contributed by atoms with Gasteiger partial charge in [-0.2, -0.15) is 4.39 Å². The molecule has 0 radical (unpaired) electrons. The van der Waals surface area contributed by atoms with Crippen LogP contribution in [0.2, 0.25) is 0 Å². The Labute approximate surface area is 206 Å². The van der Waals surface area contributed by atoms with Crippen molar-refractivity contribution in [2.75, 3.05) is 6.61 Å². The number of hydrogen-bond donors (Lipinski definition) is 0. The first-order valence-corrected chi connectivity index (χ1v) is 14.1. The van der Waals surface area contributed by atoms with Crippen LogP contribution in [0.4, 0.5) is 8.78 Å². The number of rotatable bonds is 8. The predicted molar refractivity (Wildman–Crippen MR) is 137 cm³/mol. The molecule has 3 aliphatic carbocycles. The van der Waals surface area contributed by atoms with E-state index in [1.807, 2.05) is 0 Å². The van der Waals surface area contributed by atoms with Crippen LogP contribution in [0.1, 0.15) is 102 Å². The first kappa shape index (κ1) is 25.5. The molecule has 2 fully saturated rings. The molecule has 1 aromatic carbocycles. The van der Waals surface area contributed by atoms with Gasteiger partial charge in [0.05, 0.1) is 6.61 Å². The van der Waals surface area contributed by atoms with E-state index in [2.05, 4.69) is 31.2 Å². The molecule has 0 amide bonds. The Bertz CT molecular complexity index is 828. The van der Waals surface area contributed by atoms with Crippen molar-refractivity contribution >= 4 is 0 Å². The fourth-order valence-electron chi connectivity index (χ4n) is 6.83. The van der Waals surface area contributed by atoms with Crippen LogP contribution < -0.4 is 4.74 Å². The Kier molecular flexibility index (Phi) is 9.25. The van der Waals surface area contributed by atoms with Gasteiger partial charge in [0.1, 0.15) is 0 Å². The van der Waals surface area contributed by atoms with E-state index in [4.69, 9.17) is 4.74 Å². The summed E-state index contributed by atoms with van der Waals surface area (Å²) in [6, 6.07) is 3.24. The second kappa shape index (κ2) is 12.4. The molecule has 0 heterocycles. The molecule has 188 valence electrons. The van der Waals surface area contributed by atoms with Crippen molar-refractivity contribution in [1.29, 1.82) is 0 Å². The molecule has 34 heavy (non-hydrogen) atoms. The molecule has 0 bridgehead atoms. The monoisotopic (exact) mass is 470 g/mol. The summed E-state index contributed by atoms with van der Waals surface area (Å²) in [6.07, 6.45) is 25.1. The van der Waals surface area contributed by atoms with E-state index in [0.717, 1.165) is 36.5 Å². The lowest BCUT2D eigenvalue weighted by atomic mass is 9.68. The maximum atomic E-state index is 14.6. The molecule has 0 N–H and O–H groups in total. The van der Waals surface area contributed by atoms with Gasteiger partial charge in [-0.25, -0.2) is 4.39 Å². The van der Waals surface area contributed by atoms with Gasteiger partial charge in [-0.05, 0) is 99.5 Å². The van der Waals surface area contributed by atoms with Crippen LogP contribution in [0.15, 0.2) is 36.4 Å². The van der Waals surface area contributed by atoms with E-state index in [1.54, 1.807) is 19.1 Å². The van der Waals surface area contributed by atoms with Gasteiger partial charge >= 0.3 is 0 Å². The largest absolute Gasteiger partial charge is 0.491 e. The highest BCUT2D eigenvalue weighted by atomic mass is 19.2. The van der Waals surface area contributed by atoms with Crippen LogP contribution in [-0.4, -0.2) is 6.61 Å². The molecule has 3 heteroatoms. The summed E-state index contributed by atoms with van der Waals surface area (Å²) in [7, 11) is 0. The minimum atomic E-state index is -0.862. The van der Waals surface area contributed by atoms with Crippen LogP contribution in [0.5, 0.6) is 5.75 Å². The van der Waals surface area contributed by atoms with Crippen LogP contribution in [0.3, 0.4) is 0 Å². The fourth-order valence-corrected chi connectivity index (χ4v) is 6.83. The number of halogens is 2. The summed E-state index contributed by atoms with van der Waals surface area (Å²) in [5, 5.41) is 0. The lowest BCUT2D eigenvalue weighted by Crippen LogP contribution is -2.25. The van der Waals surface area contributed by atoms with Gasteiger partial charge < -0.3 is 4.74 Å². The van der Waals surface area contributed by atoms with Crippen molar-refractivity contribution in [3.63, 3.8) is 0 Å². The average molecular weight is 471 g/mol. The van der Waals surface area contributed by atoms with Crippen LogP contribution in [0, 0.1) is 41.2 Å². The summed E-state index contributed by atoms with van der Waals surface area (Å²) in [6.45, 7) is 4.42. The number of ether oxygens (including phenoxy) is 1. The van der Waals surface area contributed by atoms with Crippen LogP contribution >= 0.6 is 0 Å². The summed E-state index contributed by atoms with van der Waals surface area (Å²) in [4.78, 5) is 0. The zero-order valence-electron chi connectivity index (χ0n) is 21.3. The lowest BCUT2D eigenvalue weighted by Gasteiger charge is -2.37. The molecule has 0 saturated heterocycles. The van der Waals surface area contributed by atoms with Gasteiger partial charge in [-0.1, -0.05) is 63.0 Å². The Morgan fingerprint density at radius 1 is 0.794 bits per heavy atom. The van der Waals surface area contributed by atoms with E-state index in [9.17, 15) is 8.78 Å². The first-order valence-electron chi connectivity index (χ1n) is 14.1. The SMILES string of the molecule is CCCC1CCC(C2CCC(/C=C/C3C=CC(c4ccc(OCC)c(F)c4F)CC3)CC2)CC1. The quantitative estimate of drug-likeness (QED) is 0.344. The molecule has 2 saturated carbocycles. The Hall–Kier alpha value is -1.64. The van der Waals surface area contributed by atoms with E-state index < -0.39 is 11.6 Å². The highest BCUT2D eigenvalue weighted by molar-refractivity contribution is 5.35. The third-order valence-corrected chi connectivity index (χ3v) is 8.88. The molecule has 3 aliphatic rings. The first-order chi connectivity index (χ1) is 16.6. The number of hydrogen-bond acceptors (Lipinski definition) is 1. The molecule has 1 nitrogen and oxygen atoms in total. The summed E-state index contributed by atoms with van der Waals surface area (Å²) in [5.41, 5.74) is 0.446. The number of benzene rings is 1. The summed E-state index contributed by atoms with van der Waals surface area (Å²) < 4.78 is 34.0. The van der Waals surface area contributed by atoms with Crippen molar-refractivity contribution in [2.45, 2.75) is 96.8 Å². The van der Waals surface area contributed by atoms with E-state index in [-0.39, 0.29) is 11.7 Å². The van der Waals surface area contributed by atoms with Crippen molar-refractivity contribution in [1.82, 2.24) is 0 Å². The molecule has 0 aromatic heterocycles. The zero-order valence-corrected chi connectivity index (χ0v) is 21.3. The van der Waals surface area contributed by atoms with Crippen molar-refractivity contribution < 1.29 is 13.5 Å². The van der Waals surface area contributed by atoms with Crippen LogP contribution in [0.25, 0.3) is 0 Å². The Morgan fingerprint density at radius 3 is 2.12 bits per heavy atom. The van der Waals surface area contributed by atoms with Crippen LogP contribution in [-0.2, 0) is 0 Å². The second-order valence-electron chi connectivity index (χ2n) is 11.1. The van der Waals surface area contributed by atoms with Crippen molar-refractivity contribution in [2.24, 2.45) is 29.6 Å². The van der Waals surface area contributed by atoms with Gasteiger partial charge in [0.15, 0.2) is 11.6 Å². The predicted octanol–water partition coefficient (Wildman–Crippen LogP) is 9.38. The molecular formula is C31H44F2O. The van der Waals surface area contributed by atoms with Gasteiger partial charge in [-0.3, -0.25) is 0 Å². The molecule has 0 spiro atoms. The molecule has 2 atom stereocenters. The summed E-state index contributed by atoms with van der Waals surface area (Å²) in [5.74, 6) is 2.42. The topological polar surface area (TPSA) is 9.23 Å². The van der Waals surface area contributed by atoms with Gasteiger partial charge in [-0.15, -0.1) is 0 Å². The molecule has 0 aliphatic heterocycles. The van der Waals surface area contributed by atoms with E-state index >= 15 is 0 Å². The number of allylic oxidation sites excluding steroid dienone is 4. The smallest absolute Gasteiger partial charge is 0.200 e. The van der Waals surface area contributed by atoms with E-state index in [0.29, 0.717) is 18.1 Å². The minimum Gasteiger partial charge on any atom is -0.491 e. The molecule has 2 unspecified atom stereocenters. The molecular weight excluding hydrogens is 426 g/mol. The highest BCUT2D eigenvalue weighted by Gasteiger charge is 2.30. The average Bonchev–Trinajstić information content (AvgIpc) is 2.87. The normalized spacial score (nSPS) is 32.2. The lowest BCUT2D eigenvalue weighted by molar-refractivity contribution is 0.152. The van der Waals surface area contributed by atoms with Gasteiger partial charge in [0, 0.05) is 5.92 Å². The maximum absolute atomic E-state index is 14.6.